The quantitative estimate of drug-likeness (QED) is 0.562. The van der Waals surface area contributed by atoms with Gasteiger partial charge in [0.25, 0.3) is 0 Å². The first kappa shape index (κ1) is 12.3. The molecule has 0 aromatic heterocycles. The zero-order valence-electron chi connectivity index (χ0n) is 9.42. The summed E-state index contributed by atoms with van der Waals surface area (Å²) in [6, 6.07) is 0.0303. The SMILES string of the molecule is CCCNCCOCCN1CCNC1=O. The summed E-state index contributed by atoms with van der Waals surface area (Å²) in [5.41, 5.74) is 0. The standard InChI is InChI=1S/C10H21N3O2/c1-2-3-11-5-8-15-9-7-13-6-4-12-10(13)14/h11H,2-9H2,1H3,(H,12,14). The van der Waals surface area contributed by atoms with Crippen LogP contribution in [-0.2, 0) is 4.74 Å². The van der Waals surface area contributed by atoms with Gasteiger partial charge in [0.15, 0.2) is 0 Å². The largest absolute Gasteiger partial charge is 0.378 e. The van der Waals surface area contributed by atoms with Crippen LogP contribution in [-0.4, -0.2) is 56.9 Å². The number of ether oxygens (including phenoxy) is 1. The smallest absolute Gasteiger partial charge is 0.317 e. The fourth-order valence-electron chi connectivity index (χ4n) is 1.45. The lowest BCUT2D eigenvalue weighted by molar-refractivity contribution is 0.117. The predicted molar refractivity (Wildman–Crippen MR) is 59.0 cm³/mol. The van der Waals surface area contributed by atoms with Crippen LogP contribution in [0.25, 0.3) is 0 Å². The number of urea groups is 1. The summed E-state index contributed by atoms with van der Waals surface area (Å²) in [6.07, 6.45) is 1.15. The first-order valence-corrected chi connectivity index (χ1v) is 5.66. The van der Waals surface area contributed by atoms with Gasteiger partial charge in [-0.25, -0.2) is 4.79 Å². The second kappa shape index (κ2) is 7.48. The molecule has 2 N–H and O–H groups in total. The van der Waals surface area contributed by atoms with E-state index in [1.807, 2.05) is 0 Å². The van der Waals surface area contributed by atoms with Crippen LogP contribution in [0.3, 0.4) is 0 Å². The van der Waals surface area contributed by atoms with Gasteiger partial charge in [-0.1, -0.05) is 6.92 Å². The van der Waals surface area contributed by atoms with E-state index >= 15 is 0 Å². The lowest BCUT2D eigenvalue weighted by atomic mass is 10.5. The molecule has 5 nitrogen and oxygen atoms in total. The van der Waals surface area contributed by atoms with Crippen molar-refractivity contribution in [3.63, 3.8) is 0 Å². The zero-order chi connectivity index (χ0) is 10.9. The highest BCUT2D eigenvalue weighted by Crippen LogP contribution is 1.95. The predicted octanol–water partition coefficient (Wildman–Crippen LogP) is 0.0278. The van der Waals surface area contributed by atoms with Crippen molar-refractivity contribution in [2.75, 3.05) is 45.9 Å². The summed E-state index contributed by atoms with van der Waals surface area (Å²) in [4.78, 5) is 12.9. The van der Waals surface area contributed by atoms with Gasteiger partial charge < -0.3 is 20.3 Å². The molecule has 0 radical (unpaired) electrons. The van der Waals surface area contributed by atoms with Crippen molar-refractivity contribution in [1.82, 2.24) is 15.5 Å². The number of rotatable bonds is 8. The van der Waals surface area contributed by atoms with Crippen LogP contribution in [0.15, 0.2) is 0 Å². The van der Waals surface area contributed by atoms with Crippen molar-refractivity contribution in [2.45, 2.75) is 13.3 Å². The van der Waals surface area contributed by atoms with Crippen LogP contribution >= 0.6 is 0 Å². The van der Waals surface area contributed by atoms with Crippen LogP contribution in [0.5, 0.6) is 0 Å². The monoisotopic (exact) mass is 215 g/mol. The van der Waals surface area contributed by atoms with Crippen LogP contribution in [0, 0.1) is 0 Å². The van der Waals surface area contributed by atoms with E-state index < -0.39 is 0 Å². The second-order valence-electron chi connectivity index (χ2n) is 3.58. The van der Waals surface area contributed by atoms with E-state index in [2.05, 4.69) is 17.6 Å². The summed E-state index contributed by atoms with van der Waals surface area (Å²) in [6.45, 7) is 7.67. The lowest BCUT2D eigenvalue weighted by Gasteiger charge is -2.13. The second-order valence-corrected chi connectivity index (χ2v) is 3.58. The van der Waals surface area contributed by atoms with Gasteiger partial charge >= 0.3 is 6.03 Å². The number of nitrogens with one attached hydrogen (secondary N) is 2. The topological polar surface area (TPSA) is 53.6 Å². The summed E-state index contributed by atoms with van der Waals surface area (Å²) < 4.78 is 5.41. The average molecular weight is 215 g/mol. The molecule has 0 aromatic carbocycles. The molecule has 1 saturated heterocycles. The molecule has 1 aliphatic heterocycles. The van der Waals surface area contributed by atoms with Gasteiger partial charge in [0.05, 0.1) is 13.2 Å². The zero-order valence-corrected chi connectivity index (χ0v) is 9.42. The molecule has 15 heavy (non-hydrogen) atoms. The molecule has 1 aliphatic rings. The first-order chi connectivity index (χ1) is 7.34. The van der Waals surface area contributed by atoms with Crippen LogP contribution in [0.1, 0.15) is 13.3 Å². The molecule has 88 valence electrons. The van der Waals surface area contributed by atoms with Gasteiger partial charge in [0, 0.05) is 26.2 Å². The van der Waals surface area contributed by atoms with Gasteiger partial charge in [-0.2, -0.15) is 0 Å². The Morgan fingerprint density at radius 1 is 1.47 bits per heavy atom. The lowest BCUT2D eigenvalue weighted by Crippen LogP contribution is -2.31. The van der Waals surface area contributed by atoms with Crippen molar-refractivity contribution in [3.8, 4) is 0 Å². The number of carbonyl (C=O) groups excluding carboxylic acids is 1. The van der Waals surface area contributed by atoms with Crippen molar-refractivity contribution in [3.05, 3.63) is 0 Å². The number of nitrogens with zero attached hydrogens (tertiary/aromatic N) is 1. The maximum Gasteiger partial charge on any atom is 0.317 e. The molecule has 0 spiro atoms. The van der Waals surface area contributed by atoms with Gasteiger partial charge in [0.1, 0.15) is 0 Å². The minimum absolute atomic E-state index is 0.0303. The number of hydrogen-bond donors (Lipinski definition) is 2. The Morgan fingerprint density at radius 2 is 2.33 bits per heavy atom. The third-order valence-electron chi connectivity index (χ3n) is 2.30. The van der Waals surface area contributed by atoms with E-state index in [1.165, 1.54) is 0 Å². The van der Waals surface area contributed by atoms with E-state index in [1.54, 1.807) is 4.90 Å². The van der Waals surface area contributed by atoms with Crippen LogP contribution in [0.2, 0.25) is 0 Å². The third kappa shape index (κ3) is 4.99. The molecule has 0 bridgehead atoms. The Kier molecular flexibility index (Phi) is 6.11. The maximum absolute atomic E-state index is 11.1. The van der Waals surface area contributed by atoms with Crippen molar-refractivity contribution in [2.24, 2.45) is 0 Å². The van der Waals surface area contributed by atoms with Gasteiger partial charge in [0.2, 0.25) is 0 Å². The number of hydrogen-bond acceptors (Lipinski definition) is 3. The fourth-order valence-corrected chi connectivity index (χ4v) is 1.45. The Hall–Kier alpha value is -0.810. The molecule has 1 heterocycles. The Morgan fingerprint density at radius 3 is 3.00 bits per heavy atom. The van der Waals surface area contributed by atoms with Crippen molar-refractivity contribution >= 4 is 6.03 Å². The highest BCUT2D eigenvalue weighted by atomic mass is 16.5. The van der Waals surface area contributed by atoms with Gasteiger partial charge in [-0.15, -0.1) is 0 Å². The summed E-state index contributed by atoms with van der Waals surface area (Å²) >= 11 is 0. The highest BCUT2D eigenvalue weighted by Gasteiger charge is 2.18. The molecule has 2 amide bonds. The molecule has 0 saturated carbocycles. The van der Waals surface area contributed by atoms with E-state index in [9.17, 15) is 4.79 Å². The molecule has 0 aliphatic carbocycles. The van der Waals surface area contributed by atoms with Crippen LogP contribution < -0.4 is 10.6 Å². The van der Waals surface area contributed by atoms with E-state index in [-0.39, 0.29) is 6.03 Å². The van der Waals surface area contributed by atoms with Gasteiger partial charge in [-0.3, -0.25) is 0 Å². The minimum Gasteiger partial charge on any atom is -0.378 e. The summed E-state index contributed by atoms with van der Waals surface area (Å²) in [5.74, 6) is 0. The fraction of sp³-hybridized carbons (Fsp3) is 0.900. The van der Waals surface area contributed by atoms with Crippen molar-refractivity contribution in [1.29, 1.82) is 0 Å². The number of carbonyl (C=O) groups is 1. The third-order valence-corrected chi connectivity index (χ3v) is 2.30. The molecule has 0 atom stereocenters. The minimum atomic E-state index is 0.0303. The molecule has 0 unspecified atom stereocenters. The van der Waals surface area contributed by atoms with Gasteiger partial charge in [-0.05, 0) is 13.0 Å². The molecule has 1 fully saturated rings. The molecule has 1 rings (SSSR count). The summed E-state index contributed by atoms with van der Waals surface area (Å²) in [7, 11) is 0. The first-order valence-electron chi connectivity index (χ1n) is 5.66. The molecule has 0 aromatic rings. The van der Waals surface area contributed by atoms with Crippen molar-refractivity contribution < 1.29 is 9.53 Å². The normalized spacial score (nSPS) is 15.8. The molecular formula is C10H21N3O2. The van der Waals surface area contributed by atoms with E-state index in [4.69, 9.17) is 4.74 Å². The summed E-state index contributed by atoms with van der Waals surface area (Å²) in [5, 5.41) is 6.01. The van der Waals surface area contributed by atoms with E-state index in [0.717, 1.165) is 39.2 Å². The Balaban J connectivity index is 1.86. The average Bonchev–Trinajstić information content (AvgIpc) is 2.63. The Bertz CT molecular complexity index is 188. The molecule has 5 heteroatoms. The maximum atomic E-state index is 11.1. The number of amides is 2. The highest BCUT2D eigenvalue weighted by molar-refractivity contribution is 5.76. The van der Waals surface area contributed by atoms with E-state index in [0.29, 0.717) is 13.2 Å². The van der Waals surface area contributed by atoms with Crippen LogP contribution in [0.4, 0.5) is 4.79 Å². The molecular weight excluding hydrogens is 194 g/mol. The Labute approximate surface area is 91.2 Å².